The van der Waals surface area contributed by atoms with Crippen LogP contribution in [0.3, 0.4) is 0 Å². The Morgan fingerprint density at radius 2 is 1.85 bits per heavy atom. The number of hydrogen-bond donors (Lipinski definition) is 0. The molecule has 4 nitrogen and oxygen atoms in total. The molecule has 20 heavy (non-hydrogen) atoms. The molecule has 0 heterocycles. The van der Waals surface area contributed by atoms with E-state index < -0.39 is 12.1 Å². The van der Waals surface area contributed by atoms with Crippen molar-refractivity contribution in [3.8, 4) is 18.1 Å². The summed E-state index contributed by atoms with van der Waals surface area (Å²) in [5, 5.41) is 0. The van der Waals surface area contributed by atoms with E-state index in [0.29, 0.717) is 12.2 Å². The highest BCUT2D eigenvalue weighted by Crippen LogP contribution is 2.16. The van der Waals surface area contributed by atoms with Gasteiger partial charge in [-0.3, -0.25) is 9.59 Å². The average molecular weight is 339 g/mol. The third kappa shape index (κ3) is 6.39. The molecule has 0 fully saturated rings. The first-order valence-electron chi connectivity index (χ1n) is 6.13. The summed E-state index contributed by atoms with van der Waals surface area (Å²) in [7, 11) is 0. The summed E-state index contributed by atoms with van der Waals surface area (Å²) in [6.45, 7) is 1.61. The molecule has 0 aromatic heterocycles. The molecular formula is C15H15BrO4. The summed E-state index contributed by atoms with van der Waals surface area (Å²) in [4.78, 5) is 22.9. The van der Waals surface area contributed by atoms with Gasteiger partial charge in [-0.05, 0) is 37.6 Å². The van der Waals surface area contributed by atoms with Gasteiger partial charge in [0.25, 0.3) is 0 Å². The maximum atomic E-state index is 11.5. The van der Waals surface area contributed by atoms with Gasteiger partial charge in [-0.2, -0.15) is 0 Å². The topological polar surface area (TPSA) is 52.6 Å². The zero-order valence-corrected chi connectivity index (χ0v) is 12.7. The molecule has 0 aliphatic carbocycles. The summed E-state index contributed by atoms with van der Waals surface area (Å²) in [6, 6.07) is 6.93. The highest BCUT2D eigenvalue weighted by molar-refractivity contribution is 9.10. The van der Waals surface area contributed by atoms with Gasteiger partial charge >= 0.3 is 11.9 Å². The van der Waals surface area contributed by atoms with Crippen LogP contribution in [0.15, 0.2) is 28.7 Å². The van der Waals surface area contributed by atoms with E-state index in [9.17, 15) is 9.59 Å². The molecule has 5 heteroatoms. The number of carbonyl (C=O) groups is 2. The predicted molar refractivity (Wildman–Crippen MR) is 78.0 cm³/mol. The quantitative estimate of drug-likeness (QED) is 0.454. The number of ether oxygens (including phenoxy) is 2. The highest BCUT2D eigenvalue weighted by atomic mass is 79.9. The van der Waals surface area contributed by atoms with Gasteiger partial charge in [0, 0.05) is 17.3 Å². The van der Waals surface area contributed by atoms with Crippen molar-refractivity contribution in [2.24, 2.45) is 0 Å². The number of hydrogen-bond acceptors (Lipinski definition) is 4. The Balaban J connectivity index is 2.25. The first-order valence-corrected chi connectivity index (χ1v) is 6.92. The van der Waals surface area contributed by atoms with Crippen LogP contribution < -0.4 is 4.74 Å². The molecule has 1 aromatic rings. The smallest absolute Gasteiger partial charge is 0.311 e. The van der Waals surface area contributed by atoms with Crippen molar-refractivity contribution >= 4 is 27.9 Å². The monoisotopic (exact) mass is 338 g/mol. The van der Waals surface area contributed by atoms with Crippen molar-refractivity contribution in [3.63, 3.8) is 0 Å². The van der Waals surface area contributed by atoms with E-state index in [1.165, 1.54) is 0 Å². The number of terminal acetylenes is 1. The first kappa shape index (κ1) is 16.3. The maximum Gasteiger partial charge on any atom is 0.311 e. The van der Waals surface area contributed by atoms with Crippen LogP contribution in [0.4, 0.5) is 0 Å². The fraction of sp³-hybridized carbons (Fsp3) is 0.333. The normalized spacial score (nSPS) is 11.2. The van der Waals surface area contributed by atoms with Crippen molar-refractivity contribution in [1.29, 1.82) is 0 Å². The van der Waals surface area contributed by atoms with E-state index in [2.05, 4.69) is 21.9 Å². The minimum atomic E-state index is -0.544. The molecule has 0 radical (unpaired) electrons. The zero-order valence-electron chi connectivity index (χ0n) is 11.1. The van der Waals surface area contributed by atoms with Gasteiger partial charge < -0.3 is 9.47 Å². The molecule has 106 valence electrons. The van der Waals surface area contributed by atoms with Gasteiger partial charge in [0.1, 0.15) is 5.75 Å². The van der Waals surface area contributed by atoms with Crippen LogP contribution in [-0.2, 0) is 14.3 Å². The van der Waals surface area contributed by atoms with Crippen LogP contribution in [0, 0.1) is 12.3 Å². The lowest BCUT2D eigenvalue weighted by molar-refractivity contribution is -0.146. The maximum absolute atomic E-state index is 11.5. The van der Waals surface area contributed by atoms with Crippen molar-refractivity contribution in [1.82, 2.24) is 0 Å². The van der Waals surface area contributed by atoms with Crippen LogP contribution in [0.2, 0.25) is 0 Å². The summed E-state index contributed by atoms with van der Waals surface area (Å²) in [6.07, 6.45) is 5.20. The van der Waals surface area contributed by atoms with Crippen LogP contribution in [0.5, 0.6) is 5.75 Å². The van der Waals surface area contributed by atoms with E-state index in [0.717, 1.165) is 4.47 Å². The van der Waals surface area contributed by atoms with Gasteiger partial charge in [0.2, 0.25) is 0 Å². The fourth-order valence-electron chi connectivity index (χ4n) is 1.35. The molecule has 0 aliphatic heterocycles. The molecule has 0 saturated carbocycles. The van der Waals surface area contributed by atoms with Crippen molar-refractivity contribution in [2.75, 3.05) is 0 Å². The molecule has 0 amide bonds. The number of benzene rings is 1. The summed E-state index contributed by atoms with van der Waals surface area (Å²) >= 11 is 3.29. The van der Waals surface area contributed by atoms with E-state index in [1.807, 2.05) is 0 Å². The molecule has 0 saturated heterocycles. The van der Waals surface area contributed by atoms with Gasteiger partial charge in [-0.1, -0.05) is 21.9 Å². The lowest BCUT2D eigenvalue weighted by atomic mass is 10.2. The second kappa shape index (κ2) is 8.39. The van der Waals surface area contributed by atoms with Gasteiger partial charge in [0.15, 0.2) is 6.10 Å². The third-order valence-electron chi connectivity index (χ3n) is 2.35. The molecular weight excluding hydrogens is 324 g/mol. The SMILES string of the molecule is C#CC(C)OC(=O)CCCC(=O)Oc1ccc(Br)cc1. The minimum absolute atomic E-state index is 0.140. The van der Waals surface area contributed by atoms with E-state index in [-0.39, 0.29) is 18.8 Å². The number of halogens is 1. The van der Waals surface area contributed by atoms with Gasteiger partial charge in [0.05, 0.1) is 0 Å². The van der Waals surface area contributed by atoms with Crippen LogP contribution >= 0.6 is 15.9 Å². The summed E-state index contributed by atoms with van der Waals surface area (Å²) in [5.74, 6) is 1.97. The second-order valence-corrected chi connectivity index (χ2v) is 5.00. The second-order valence-electron chi connectivity index (χ2n) is 4.08. The Labute approximate surface area is 126 Å². The molecule has 1 aromatic carbocycles. The van der Waals surface area contributed by atoms with E-state index >= 15 is 0 Å². The Morgan fingerprint density at radius 1 is 1.25 bits per heavy atom. The Kier molecular flexibility index (Phi) is 6.82. The fourth-order valence-corrected chi connectivity index (χ4v) is 1.62. The van der Waals surface area contributed by atoms with Crippen LogP contribution in [0.25, 0.3) is 0 Å². The standard InChI is InChI=1S/C15H15BrO4/c1-3-11(2)19-14(17)5-4-6-15(18)20-13-9-7-12(16)8-10-13/h1,7-11H,4-6H2,2H3. The van der Waals surface area contributed by atoms with Crippen LogP contribution in [0.1, 0.15) is 26.2 Å². The van der Waals surface area contributed by atoms with Gasteiger partial charge in [-0.25, -0.2) is 0 Å². The molecule has 0 bridgehead atoms. The molecule has 0 spiro atoms. The van der Waals surface area contributed by atoms with E-state index in [4.69, 9.17) is 15.9 Å². The first-order chi connectivity index (χ1) is 9.51. The molecule has 0 N–H and O–H groups in total. The Bertz CT molecular complexity index is 502. The molecule has 1 atom stereocenters. The number of esters is 2. The molecule has 1 unspecified atom stereocenters. The van der Waals surface area contributed by atoms with Crippen molar-refractivity contribution < 1.29 is 19.1 Å². The van der Waals surface area contributed by atoms with Crippen molar-refractivity contribution in [2.45, 2.75) is 32.3 Å². The number of carbonyl (C=O) groups excluding carboxylic acids is 2. The Morgan fingerprint density at radius 3 is 2.45 bits per heavy atom. The highest BCUT2D eigenvalue weighted by Gasteiger charge is 2.10. The summed E-state index contributed by atoms with van der Waals surface area (Å²) in [5.41, 5.74) is 0. The minimum Gasteiger partial charge on any atom is -0.449 e. The predicted octanol–water partition coefficient (Wildman–Crippen LogP) is 3.09. The van der Waals surface area contributed by atoms with Crippen molar-refractivity contribution in [3.05, 3.63) is 28.7 Å². The lowest BCUT2D eigenvalue weighted by Gasteiger charge is -2.07. The lowest BCUT2D eigenvalue weighted by Crippen LogP contribution is -2.14. The molecule has 1 rings (SSSR count). The van der Waals surface area contributed by atoms with Gasteiger partial charge in [-0.15, -0.1) is 6.42 Å². The third-order valence-corrected chi connectivity index (χ3v) is 2.88. The molecule has 0 aliphatic rings. The van der Waals surface area contributed by atoms with Crippen LogP contribution in [-0.4, -0.2) is 18.0 Å². The largest absolute Gasteiger partial charge is 0.449 e. The average Bonchev–Trinajstić information content (AvgIpc) is 2.41. The zero-order chi connectivity index (χ0) is 15.0. The Hall–Kier alpha value is -1.80. The number of rotatable bonds is 6. The van der Waals surface area contributed by atoms with E-state index in [1.54, 1.807) is 31.2 Å². The summed E-state index contributed by atoms with van der Waals surface area (Å²) < 4.78 is 10.9.